The molecule has 2 aromatic carbocycles. The molecular weight excluding hydrogens is 259 g/mol. The number of rotatable bonds is 3. The van der Waals surface area contributed by atoms with Gasteiger partial charge in [0.1, 0.15) is 11.6 Å². The second-order valence-corrected chi connectivity index (χ2v) is 4.29. The average Bonchev–Trinajstić information content (AvgIpc) is 2.46. The molecule has 5 heteroatoms. The van der Waals surface area contributed by atoms with Gasteiger partial charge in [0.05, 0.1) is 12.7 Å². The third-order valence-electron chi connectivity index (χ3n) is 3.01. The molecule has 0 aliphatic carbocycles. The zero-order valence-corrected chi connectivity index (χ0v) is 11.3. The first kappa shape index (κ1) is 13.9. The van der Waals surface area contributed by atoms with Crippen LogP contribution in [0.5, 0.6) is 5.75 Å². The third-order valence-corrected chi connectivity index (χ3v) is 3.01. The van der Waals surface area contributed by atoms with Gasteiger partial charge in [0.25, 0.3) is 5.91 Å². The third kappa shape index (κ3) is 2.71. The van der Waals surface area contributed by atoms with E-state index in [2.05, 4.69) is 0 Å². The lowest BCUT2D eigenvalue weighted by Gasteiger charge is -2.18. The number of benzene rings is 2. The van der Waals surface area contributed by atoms with Crippen molar-refractivity contribution in [2.24, 2.45) is 0 Å². The van der Waals surface area contributed by atoms with Gasteiger partial charge in [-0.2, -0.15) is 0 Å². The van der Waals surface area contributed by atoms with Gasteiger partial charge >= 0.3 is 0 Å². The first-order chi connectivity index (χ1) is 9.52. The van der Waals surface area contributed by atoms with Gasteiger partial charge < -0.3 is 15.4 Å². The second kappa shape index (κ2) is 5.61. The van der Waals surface area contributed by atoms with Crippen LogP contribution in [0.3, 0.4) is 0 Å². The number of hydrogen-bond donors (Lipinski definition) is 1. The van der Waals surface area contributed by atoms with Crippen LogP contribution in [0.1, 0.15) is 10.4 Å². The van der Waals surface area contributed by atoms with Gasteiger partial charge in [-0.25, -0.2) is 4.39 Å². The van der Waals surface area contributed by atoms with E-state index in [1.54, 1.807) is 25.2 Å². The summed E-state index contributed by atoms with van der Waals surface area (Å²) < 4.78 is 17.9. The molecule has 0 fully saturated rings. The van der Waals surface area contributed by atoms with Crippen LogP contribution in [0.4, 0.5) is 15.8 Å². The Morgan fingerprint density at radius 3 is 2.40 bits per heavy atom. The van der Waals surface area contributed by atoms with Gasteiger partial charge in [-0.3, -0.25) is 4.79 Å². The summed E-state index contributed by atoms with van der Waals surface area (Å²) >= 11 is 0. The Labute approximate surface area is 116 Å². The van der Waals surface area contributed by atoms with Crippen molar-refractivity contribution in [2.75, 3.05) is 24.8 Å². The van der Waals surface area contributed by atoms with E-state index in [1.807, 2.05) is 0 Å². The number of nitrogens with zero attached hydrogens (tertiary/aromatic N) is 1. The number of carbonyl (C=O) groups excluding carboxylic acids is 1. The maximum absolute atomic E-state index is 12.9. The molecule has 104 valence electrons. The normalized spacial score (nSPS) is 10.2. The molecule has 0 unspecified atom stereocenters. The molecule has 0 aliphatic rings. The van der Waals surface area contributed by atoms with Crippen LogP contribution in [0, 0.1) is 5.82 Å². The zero-order valence-electron chi connectivity index (χ0n) is 11.3. The fraction of sp³-hybridized carbons (Fsp3) is 0.133. The highest BCUT2D eigenvalue weighted by Gasteiger charge is 2.16. The highest BCUT2D eigenvalue weighted by molar-refractivity contribution is 6.09. The summed E-state index contributed by atoms with van der Waals surface area (Å²) in [6.45, 7) is 0. The van der Waals surface area contributed by atoms with Crippen molar-refractivity contribution in [2.45, 2.75) is 0 Å². The van der Waals surface area contributed by atoms with Crippen molar-refractivity contribution >= 4 is 17.3 Å². The highest BCUT2D eigenvalue weighted by Crippen LogP contribution is 2.23. The number of hydrogen-bond acceptors (Lipinski definition) is 3. The minimum atomic E-state index is -0.349. The van der Waals surface area contributed by atoms with Gasteiger partial charge in [-0.1, -0.05) is 0 Å². The van der Waals surface area contributed by atoms with Crippen molar-refractivity contribution in [1.82, 2.24) is 0 Å². The number of carbonyl (C=O) groups is 1. The van der Waals surface area contributed by atoms with Crippen LogP contribution in [-0.4, -0.2) is 20.1 Å². The monoisotopic (exact) mass is 274 g/mol. The molecule has 20 heavy (non-hydrogen) atoms. The summed E-state index contributed by atoms with van der Waals surface area (Å²) in [5.41, 5.74) is 7.15. The Kier molecular flexibility index (Phi) is 3.89. The molecule has 2 N–H and O–H groups in total. The molecule has 0 saturated heterocycles. The number of anilines is 2. The Bertz CT molecular complexity index is 626. The molecule has 4 nitrogen and oxygen atoms in total. The van der Waals surface area contributed by atoms with Crippen LogP contribution >= 0.6 is 0 Å². The van der Waals surface area contributed by atoms with Gasteiger partial charge in [0.2, 0.25) is 0 Å². The fourth-order valence-electron chi connectivity index (χ4n) is 1.83. The predicted octanol–water partition coefficient (Wildman–Crippen LogP) is 2.69. The van der Waals surface area contributed by atoms with E-state index in [-0.39, 0.29) is 11.7 Å². The Morgan fingerprint density at radius 1 is 1.20 bits per heavy atom. The molecule has 0 spiro atoms. The van der Waals surface area contributed by atoms with E-state index in [0.29, 0.717) is 22.7 Å². The quantitative estimate of drug-likeness (QED) is 0.875. The van der Waals surface area contributed by atoms with Crippen molar-refractivity contribution in [1.29, 1.82) is 0 Å². The minimum Gasteiger partial charge on any atom is -0.497 e. The van der Waals surface area contributed by atoms with E-state index in [4.69, 9.17) is 10.5 Å². The SMILES string of the molecule is COc1ccc(C(=O)N(C)c2ccc(F)cc2)c(N)c1. The molecule has 0 atom stereocenters. The van der Waals surface area contributed by atoms with Gasteiger partial charge in [-0.05, 0) is 36.4 Å². The average molecular weight is 274 g/mol. The topological polar surface area (TPSA) is 55.6 Å². The first-order valence-corrected chi connectivity index (χ1v) is 6.00. The molecule has 0 heterocycles. The summed E-state index contributed by atoms with van der Waals surface area (Å²) in [5, 5.41) is 0. The molecule has 0 saturated carbocycles. The number of methoxy groups -OCH3 is 1. The fourth-order valence-corrected chi connectivity index (χ4v) is 1.83. The van der Waals surface area contributed by atoms with Crippen molar-refractivity contribution in [3.05, 3.63) is 53.8 Å². The molecule has 0 radical (unpaired) electrons. The number of nitrogens with two attached hydrogens (primary N) is 1. The predicted molar refractivity (Wildman–Crippen MR) is 76.5 cm³/mol. The van der Waals surface area contributed by atoms with Crippen molar-refractivity contribution in [3.8, 4) is 5.75 Å². The zero-order chi connectivity index (χ0) is 14.7. The smallest absolute Gasteiger partial charge is 0.260 e. The van der Waals surface area contributed by atoms with Crippen LogP contribution in [0.15, 0.2) is 42.5 Å². The first-order valence-electron chi connectivity index (χ1n) is 6.00. The molecule has 0 bridgehead atoms. The van der Waals surface area contributed by atoms with E-state index in [0.717, 1.165) is 0 Å². The summed E-state index contributed by atoms with van der Waals surface area (Å²) in [5.74, 6) is -0.0289. The van der Waals surface area contributed by atoms with Crippen LogP contribution in [-0.2, 0) is 0 Å². The summed E-state index contributed by atoms with van der Waals surface area (Å²) in [4.78, 5) is 13.8. The number of ether oxygens (including phenoxy) is 1. The Balaban J connectivity index is 2.28. The number of amides is 1. The number of halogens is 1. The number of nitrogen functional groups attached to an aromatic ring is 1. The molecule has 2 rings (SSSR count). The van der Waals surface area contributed by atoms with Gasteiger partial charge in [0.15, 0.2) is 0 Å². The second-order valence-electron chi connectivity index (χ2n) is 4.29. The van der Waals surface area contributed by atoms with Gasteiger partial charge in [0, 0.05) is 24.5 Å². The van der Waals surface area contributed by atoms with E-state index in [1.165, 1.54) is 36.3 Å². The molecular formula is C15H15FN2O2. The summed E-state index contributed by atoms with van der Waals surface area (Å²) in [6.07, 6.45) is 0. The van der Waals surface area contributed by atoms with Crippen LogP contribution < -0.4 is 15.4 Å². The van der Waals surface area contributed by atoms with Gasteiger partial charge in [-0.15, -0.1) is 0 Å². The lowest BCUT2D eigenvalue weighted by molar-refractivity contribution is 0.0994. The molecule has 0 aliphatic heterocycles. The van der Waals surface area contributed by atoms with Crippen molar-refractivity contribution in [3.63, 3.8) is 0 Å². The maximum Gasteiger partial charge on any atom is 0.260 e. The highest BCUT2D eigenvalue weighted by atomic mass is 19.1. The van der Waals surface area contributed by atoms with Crippen molar-refractivity contribution < 1.29 is 13.9 Å². The largest absolute Gasteiger partial charge is 0.497 e. The minimum absolute atomic E-state index is 0.267. The summed E-state index contributed by atoms with van der Waals surface area (Å²) in [7, 11) is 3.14. The Hall–Kier alpha value is -2.56. The molecule has 2 aromatic rings. The molecule has 0 aromatic heterocycles. The van der Waals surface area contributed by atoms with Crippen LogP contribution in [0.2, 0.25) is 0 Å². The van der Waals surface area contributed by atoms with E-state index in [9.17, 15) is 9.18 Å². The standard InChI is InChI=1S/C15H15FN2O2/c1-18(11-5-3-10(16)4-6-11)15(19)13-8-7-12(20-2)9-14(13)17/h3-9H,17H2,1-2H3. The lowest BCUT2D eigenvalue weighted by Crippen LogP contribution is -2.27. The van der Waals surface area contributed by atoms with E-state index >= 15 is 0 Å². The van der Waals surface area contributed by atoms with E-state index < -0.39 is 0 Å². The maximum atomic E-state index is 12.9. The Morgan fingerprint density at radius 2 is 1.85 bits per heavy atom. The van der Waals surface area contributed by atoms with Crippen LogP contribution in [0.25, 0.3) is 0 Å². The molecule has 1 amide bonds. The summed E-state index contributed by atoms with van der Waals surface area (Å²) in [6, 6.07) is 10.5. The lowest BCUT2D eigenvalue weighted by atomic mass is 10.1.